The number of hydrogen-bond donors (Lipinski definition) is 1. The van der Waals surface area contributed by atoms with Crippen molar-refractivity contribution in [3.8, 4) is 0 Å². The van der Waals surface area contributed by atoms with Gasteiger partial charge in [0.2, 0.25) is 0 Å². The van der Waals surface area contributed by atoms with Gasteiger partial charge in [-0.05, 0) is 6.08 Å². The molecular weight excluding hydrogens is 184 g/mol. The van der Waals surface area contributed by atoms with Gasteiger partial charge in [-0.1, -0.05) is 12.2 Å². The smallest absolute Gasteiger partial charge is 0.337 e. The lowest BCUT2D eigenvalue weighted by atomic mass is 9.95. The molecule has 72 valence electrons. The number of methoxy groups -OCH3 is 1. The van der Waals surface area contributed by atoms with E-state index in [9.17, 15) is 9.59 Å². The number of allylic oxidation sites excluding steroid dienone is 1. The van der Waals surface area contributed by atoms with Crippen LogP contribution in [-0.2, 0) is 14.3 Å². The molecule has 2 rings (SSSR count). The van der Waals surface area contributed by atoms with E-state index in [2.05, 4.69) is 15.3 Å². The molecule has 0 aromatic heterocycles. The number of hydrazone groups is 1. The number of carbonyl (C=O) groups is 2. The molecule has 0 aromatic rings. The van der Waals surface area contributed by atoms with E-state index >= 15 is 0 Å². The Balaban J connectivity index is 2.28. The second-order valence-corrected chi connectivity index (χ2v) is 2.94. The Kier molecular flexibility index (Phi) is 1.92. The van der Waals surface area contributed by atoms with Gasteiger partial charge in [0.25, 0.3) is 5.91 Å². The van der Waals surface area contributed by atoms with E-state index in [4.69, 9.17) is 0 Å². The molecule has 1 aliphatic heterocycles. The molecule has 0 saturated heterocycles. The number of ether oxygens (including phenoxy) is 1. The third-order valence-corrected chi connectivity index (χ3v) is 2.09. The molecule has 2 aliphatic rings. The first-order chi connectivity index (χ1) is 6.72. The summed E-state index contributed by atoms with van der Waals surface area (Å²) in [6.07, 6.45) is 4.75. The third kappa shape index (κ3) is 1.22. The van der Waals surface area contributed by atoms with Crippen LogP contribution in [0.2, 0.25) is 0 Å². The van der Waals surface area contributed by atoms with Crippen LogP contribution in [0.5, 0.6) is 0 Å². The van der Waals surface area contributed by atoms with Gasteiger partial charge in [0.15, 0.2) is 0 Å². The highest BCUT2D eigenvalue weighted by Crippen LogP contribution is 2.18. The third-order valence-electron chi connectivity index (χ3n) is 2.09. The van der Waals surface area contributed by atoms with E-state index in [1.54, 1.807) is 18.2 Å². The van der Waals surface area contributed by atoms with Gasteiger partial charge in [-0.25, -0.2) is 10.2 Å². The fraction of sp³-hybridized carbons (Fsp3) is 0.222. The first-order valence-electron chi connectivity index (χ1n) is 4.08. The number of nitrogens with one attached hydrogen (secondary N) is 1. The summed E-state index contributed by atoms with van der Waals surface area (Å²) < 4.78 is 4.55. The van der Waals surface area contributed by atoms with Crippen molar-refractivity contribution in [1.29, 1.82) is 0 Å². The molecule has 1 heterocycles. The van der Waals surface area contributed by atoms with Crippen molar-refractivity contribution >= 4 is 17.6 Å². The molecule has 0 saturated carbocycles. The van der Waals surface area contributed by atoms with Crippen molar-refractivity contribution in [2.24, 2.45) is 11.0 Å². The highest BCUT2D eigenvalue weighted by Gasteiger charge is 2.29. The number of fused-ring (bicyclic) bond motifs is 1. The molecule has 14 heavy (non-hydrogen) atoms. The number of rotatable bonds is 1. The first-order valence-corrected chi connectivity index (χ1v) is 4.08. The molecule has 0 spiro atoms. The minimum atomic E-state index is -0.429. The van der Waals surface area contributed by atoms with E-state index in [-0.39, 0.29) is 11.8 Å². The zero-order chi connectivity index (χ0) is 10.1. The highest BCUT2D eigenvalue weighted by molar-refractivity contribution is 6.18. The van der Waals surface area contributed by atoms with Crippen molar-refractivity contribution in [2.45, 2.75) is 0 Å². The summed E-state index contributed by atoms with van der Waals surface area (Å²) >= 11 is 0. The zero-order valence-electron chi connectivity index (χ0n) is 7.48. The van der Waals surface area contributed by atoms with Crippen LogP contribution in [0.15, 0.2) is 28.9 Å². The van der Waals surface area contributed by atoms with E-state index in [0.29, 0.717) is 11.3 Å². The van der Waals surface area contributed by atoms with Gasteiger partial charge in [-0.15, -0.1) is 0 Å². The van der Waals surface area contributed by atoms with E-state index in [1.807, 2.05) is 0 Å². The molecule has 0 aromatic carbocycles. The molecule has 0 radical (unpaired) electrons. The Morgan fingerprint density at radius 3 is 3.14 bits per heavy atom. The number of hydrogen-bond acceptors (Lipinski definition) is 4. The van der Waals surface area contributed by atoms with Crippen LogP contribution < -0.4 is 5.43 Å². The number of amides is 1. The minimum Gasteiger partial charge on any atom is -0.465 e. The molecule has 1 N–H and O–H groups in total. The maximum Gasteiger partial charge on any atom is 0.337 e. The summed E-state index contributed by atoms with van der Waals surface area (Å²) in [6, 6.07) is 0. The average Bonchev–Trinajstić information content (AvgIpc) is 2.59. The molecule has 1 amide bonds. The summed E-state index contributed by atoms with van der Waals surface area (Å²) in [5, 5.41) is 3.79. The average molecular weight is 192 g/mol. The van der Waals surface area contributed by atoms with Crippen LogP contribution >= 0.6 is 0 Å². The van der Waals surface area contributed by atoms with Crippen LogP contribution in [0.1, 0.15) is 0 Å². The molecule has 0 bridgehead atoms. The zero-order valence-corrected chi connectivity index (χ0v) is 7.48. The lowest BCUT2D eigenvalue weighted by Gasteiger charge is -2.08. The van der Waals surface area contributed by atoms with Crippen molar-refractivity contribution < 1.29 is 14.3 Å². The molecule has 0 fully saturated rings. The van der Waals surface area contributed by atoms with E-state index in [0.717, 1.165) is 0 Å². The Bertz CT molecular complexity index is 393. The topological polar surface area (TPSA) is 67.8 Å². The summed E-state index contributed by atoms with van der Waals surface area (Å²) in [5.41, 5.74) is 3.30. The van der Waals surface area contributed by atoms with Crippen molar-refractivity contribution in [3.05, 3.63) is 23.8 Å². The normalized spacial score (nSPS) is 23.5. The van der Waals surface area contributed by atoms with Gasteiger partial charge in [0, 0.05) is 0 Å². The van der Waals surface area contributed by atoms with Gasteiger partial charge < -0.3 is 4.74 Å². The monoisotopic (exact) mass is 192 g/mol. The van der Waals surface area contributed by atoms with Gasteiger partial charge in [0.1, 0.15) is 5.92 Å². The standard InChI is InChI=1S/C9H8N2O3/c1-14-9(13)5-2-3-6-7(4-5)10-11-8(6)12/h2-4,6H,1H3,(H,11,12). The number of carbonyl (C=O) groups excluding carboxylic acids is 2. The van der Waals surface area contributed by atoms with Crippen LogP contribution in [0.3, 0.4) is 0 Å². The molecular formula is C9H8N2O3. The van der Waals surface area contributed by atoms with Gasteiger partial charge in [0.05, 0.1) is 18.4 Å². The Morgan fingerprint density at radius 1 is 1.64 bits per heavy atom. The summed E-state index contributed by atoms with van der Waals surface area (Å²) in [4.78, 5) is 22.3. The van der Waals surface area contributed by atoms with Crippen LogP contribution in [-0.4, -0.2) is 24.7 Å². The number of esters is 1. The minimum absolute atomic E-state index is 0.170. The van der Waals surface area contributed by atoms with Crippen molar-refractivity contribution in [2.75, 3.05) is 7.11 Å². The molecule has 1 aliphatic carbocycles. The van der Waals surface area contributed by atoms with E-state index in [1.165, 1.54) is 7.11 Å². The first kappa shape index (κ1) is 8.68. The molecule has 5 nitrogen and oxygen atoms in total. The Hall–Kier alpha value is -1.91. The fourth-order valence-corrected chi connectivity index (χ4v) is 1.35. The highest BCUT2D eigenvalue weighted by atomic mass is 16.5. The lowest BCUT2D eigenvalue weighted by Crippen LogP contribution is -2.23. The predicted octanol–water partition coefficient (Wildman–Crippen LogP) is -0.242. The number of nitrogens with zero attached hydrogens (tertiary/aromatic N) is 1. The maximum absolute atomic E-state index is 11.1. The summed E-state index contributed by atoms with van der Waals surface area (Å²) in [7, 11) is 1.31. The second kappa shape index (κ2) is 3.10. The van der Waals surface area contributed by atoms with Gasteiger partial charge in [-0.2, -0.15) is 5.10 Å². The lowest BCUT2D eigenvalue weighted by molar-refractivity contribution is -0.135. The second-order valence-electron chi connectivity index (χ2n) is 2.94. The van der Waals surface area contributed by atoms with Gasteiger partial charge in [-0.3, -0.25) is 4.79 Å². The predicted molar refractivity (Wildman–Crippen MR) is 48.3 cm³/mol. The summed E-state index contributed by atoms with van der Waals surface area (Å²) in [5.74, 6) is -0.957. The van der Waals surface area contributed by atoms with Crippen LogP contribution in [0, 0.1) is 5.92 Å². The summed E-state index contributed by atoms with van der Waals surface area (Å²) in [6.45, 7) is 0. The fourth-order valence-electron chi connectivity index (χ4n) is 1.35. The largest absolute Gasteiger partial charge is 0.465 e. The van der Waals surface area contributed by atoms with Crippen LogP contribution in [0.4, 0.5) is 0 Å². The van der Waals surface area contributed by atoms with Gasteiger partial charge >= 0.3 is 5.97 Å². The van der Waals surface area contributed by atoms with Crippen molar-refractivity contribution in [3.63, 3.8) is 0 Å². The molecule has 1 atom stereocenters. The van der Waals surface area contributed by atoms with Crippen molar-refractivity contribution in [1.82, 2.24) is 5.43 Å². The molecule has 5 heteroatoms. The van der Waals surface area contributed by atoms with Crippen LogP contribution in [0.25, 0.3) is 0 Å². The van der Waals surface area contributed by atoms with E-state index < -0.39 is 5.97 Å². The molecule has 1 unspecified atom stereocenters. The Labute approximate surface area is 80.1 Å². The SMILES string of the molecule is COC(=O)C1=CC2=NNC(=O)C2C=C1. The Morgan fingerprint density at radius 2 is 2.43 bits per heavy atom. The quantitative estimate of drug-likeness (QED) is 0.583. The maximum atomic E-state index is 11.1.